The zero-order valence-corrected chi connectivity index (χ0v) is 15.4. The van der Waals surface area contributed by atoms with Crippen molar-refractivity contribution in [2.24, 2.45) is 5.92 Å². The molecule has 0 aliphatic carbocycles. The summed E-state index contributed by atoms with van der Waals surface area (Å²) in [6.07, 6.45) is 2.16. The molecule has 134 valence electrons. The summed E-state index contributed by atoms with van der Waals surface area (Å²) < 4.78 is 11.7. The molecule has 2 N–H and O–H groups in total. The lowest BCUT2D eigenvalue weighted by molar-refractivity contribution is -0.665. The van der Waals surface area contributed by atoms with Crippen molar-refractivity contribution in [3.05, 3.63) is 42.0 Å². The van der Waals surface area contributed by atoms with Gasteiger partial charge >= 0.3 is 5.97 Å². The zero-order chi connectivity index (χ0) is 17.9. The van der Waals surface area contributed by atoms with Crippen LogP contribution in [-0.4, -0.2) is 31.3 Å². The van der Waals surface area contributed by atoms with Gasteiger partial charge in [0.25, 0.3) is 0 Å². The smallest absolute Gasteiger partial charge is 0.343 e. The number of ether oxygens (including phenoxy) is 2. The van der Waals surface area contributed by atoms with Crippen molar-refractivity contribution in [3.63, 3.8) is 0 Å². The van der Waals surface area contributed by atoms with Crippen LogP contribution in [0.4, 0.5) is 0 Å². The third-order valence-corrected chi connectivity index (χ3v) is 5.17. The monoisotopic (exact) mass is 342 g/mol. The van der Waals surface area contributed by atoms with Gasteiger partial charge in [0.2, 0.25) is 0 Å². The number of quaternary nitrogens is 1. The number of fused-ring (bicyclic) bond motifs is 1. The zero-order valence-electron chi connectivity index (χ0n) is 15.4. The van der Waals surface area contributed by atoms with Crippen LogP contribution >= 0.6 is 0 Å². The number of benzene rings is 2. The maximum absolute atomic E-state index is 13.1. The van der Waals surface area contributed by atoms with Crippen molar-refractivity contribution in [3.8, 4) is 5.75 Å². The van der Waals surface area contributed by atoms with Crippen LogP contribution in [0.2, 0.25) is 0 Å². The molecule has 0 amide bonds. The Bertz CT molecular complexity index is 748. The van der Waals surface area contributed by atoms with E-state index >= 15 is 0 Å². The van der Waals surface area contributed by atoms with Gasteiger partial charge in [0.15, 0.2) is 0 Å². The molecule has 1 fully saturated rings. The number of carbonyl (C=O) groups excluding carboxylic acids is 1. The van der Waals surface area contributed by atoms with E-state index in [2.05, 4.69) is 5.32 Å². The van der Waals surface area contributed by atoms with E-state index in [9.17, 15) is 4.79 Å². The van der Waals surface area contributed by atoms with Crippen LogP contribution in [0.15, 0.2) is 36.4 Å². The van der Waals surface area contributed by atoms with Gasteiger partial charge in [0, 0.05) is 18.8 Å². The molecule has 3 rings (SSSR count). The van der Waals surface area contributed by atoms with Crippen LogP contribution in [-0.2, 0) is 4.74 Å². The van der Waals surface area contributed by atoms with Gasteiger partial charge in [-0.25, -0.2) is 4.79 Å². The standard InChI is InChI=1S/C21H27NO3/c1-4-24-18-10-9-15-7-5-6-8-17(15)19(18)20(23)25-21(2,3)16-11-13-22-14-12-16/h5-10,16,22H,4,11-14H2,1-3H3/p+1. The molecule has 0 aromatic heterocycles. The van der Waals surface area contributed by atoms with Gasteiger partial charge in [0.1, 0.15) is 16.9 Å². The lowest BCUT2D eigenvalue weighted by Gasteiger charge is -2.35. The van der Waals surface area contributed by atoms with E-state index in [0.29, 0.717) is 23.8 Å². The van der Waals surface area contributed by atoms with Crippen molar-refractivity contribution in [1.29, 1.82) is 0 Å². The SMILES string of the molecule is CCOc1ccc2ccccc2c1C(=O)OC(C)(C)C1CC[NH2+]CC1. The highest BCUT2D eigenvalue weighted by Gasteiger charge is 2.36. The van der Waals surface area contributed by atoms with Gasteiger partial charge < -0.3 is 14.8 Å². The molecule has 0 spiro atoms. The second-order valence-electron chi connectivity index (χ2n) is 7.23. The normalized spacial score (nSPS) is 16.0. The maximum Gasteiger partial charge on any atom is 0.343 e. The Morgan fingerprint density at radius 2 is 1.88 bits per heavy atom. The highest BCUT2D eigenvalue weighted by molar-refractivity contribution is 6.07. The number of piperidine rings is 1. The third kappa shape index (κ3) is 3.79. The predicted octanol–water partition coefficient (Wildman–Crippen LogP) is 3.15. The van der Waals surface area contributed by atoms with Crippen molar-refractivity contribution >= 4 is 16.7 Å². The van der Waals surface area contributed by atoms with Gasteiger partial charge in [-0.3, -0.25) is 0 Å². The largest absolute Gasteiger partial charge is 0.493 e. The van der Waals surface area contributed by atoms with Crippen molar-refractivity contribution in [1.82, 2.24) is 0 Å². The van der Waals surface area contributed by atoms with Crippen molar-refractivity contribution in [2.75, 3.05) is 19.7 Å². The Morgan fingerprint density at radius 3 is 2.60 bits per heavy atom. The lowest BCUT2D eigenvalue weighted by Crippen LogP contribution is -2.86. The van der Waals surface area contributed by atoms with E-state index in [1.54, 1.807) is 0 Å². The summed E-state index contributed by atoms with van der Waals surface area (Å²) in [5.41, 5.74) is 0.0570. The fourth-order valence-corrected chi connectivity index (χ4v) is 3.73. The Morgan fingerprint density at radius 1 is 1.16 bits per heavy atom. The molecule has 25 heavy (non-hydrogen) atoms. The first kappa shape index (κ1) is 17.7. The topological polar surface area (TPSA) is 52.1 Å². The number of nitrogens with two attached hydrogens (primary N) is 1. The molecule has 2 aromatic carbocycles. The van der Waals surface area contributed by atoms with Gasteiger partial charge in [-0.15, -0.1) is 0 Å². The fourth-order valence-electron chi connectivity index (χ4n) is 3.73. The number of rotatable bonds is 5. The predicted molar refractivity (Wildman–Crippen MR) is 99.0 cm³/mol. The molecule has 1 aliphatic rings. The number of carbonyl (C=O) groups is 1. The van der Waals surface area contributed by atoms with Crippen LogP contribution < -0.4 is 10.1 Å². The summed E-state index contributed by atoms with van der Waals surface area (Å²) in [5, 5.41) is 4.22. The van der Waals surface area contributed by atoms with Crippen molar-refractivity contribution < 1.29 is 19.6 Å². The molecule has 4 nitrogen and oxygen atoms in total. The molecule has 4 heteroatoms. The minimum Gasteiger partial charge on any atom is -0.493 e. The molecule has 1 heterocycles. The van der Waals surface area contributed by atoms with Gasteiger partial charge in [0.05, 0.1) is 19.7 Å². The van der Waals surface area contributed by atoms with Crippen LogP contribution in [0.1, 0.15) is 44.0 Å². The van der Waals surface area contributed by atoms with Gasteiger partial charge in [-0.05, 0) is 37.6 Å². The lowest BCUT2D eigenvalue weighted by atomic mass is 9.83. The van der Waals surface area contributed by atoms with E-state index < -0.39 is 5.60 Å². The minimum atomic E-state index is -0.480. The summed E-state index contributed by atoms with van der Waals surface area (Å²) in [7, 11) is 0. The van der Waals surface area contributed by atoms with Crippen LogP contribution in [0.5, 0.6) is 5.75 Å². The molecular formula is C21H28NO3+. The quantitative estimate of drug-likeness (QED) is 0.849. The summed E-state index contributed by atoms with van der Waals surface area (Å²) in [6.45, 7) is 8.71. The molecule has 1 aliphatic heterocycles. The Labute approximate surface area is 149 Å². The molecule has 2 aromatic rings. The Hall–Kier alpha value is -2.07. The second-order valence-corrected chi connectivity index (χ2v) is 7.23. The molecule has 0 bridgehead atoms. The van der Waals surface area contributed by atoms with Gasteiger partial charge in [-0.2, -0.15) is 0 Å². The van der Waals surface area contributed by atoms with E-state index in [1.807, 2.05) is 57.2 Å². The average Bonchev–Trinajstić information content (AvgIpc) is 2.62. The molecule has 0 unspecified atom stereocenters. The number of hydrogen-bond acceptors (Lipinski definition) is 3. The van der Waals surface area contributed by atoms with Gasteiger partial charge in [-0.1, -0.05) is 30.3 Å². The summed E-state index contributed by atoms with van der Waals surface area (Å²) in [6, 6.07) is 11.7. The first-order valence-electron chi connectivity index (χ1n) is 9.22. The first-order chi connectivity index (χ1) is 12.0. The maximum atomic E-state index is 13.1. The van der Waals surface area contributed by atoms with E-state index in [-0.39, 0.29) is 5.97 Å². The Balaban J connectivity index is 1.94. The van der Waals surface area contributed by atoms with E-state index in [0.717, 1.165) is 36.7 Å². The highest BCUT2D eigenvalue weighted by atomic mass is 16.6. The summed E-state index contributed by atoms with van der Waals surface area (Å²) >= 11 is 0. The number of hydrogen-bond donors (Lipinski definition) is 1. The Kier molecular flexibility index (Phi) is 5.28. The van der Waals surface area contributed by atoms with Crippen LogP contribution in [0.25, 0.3) is 10.8 Å². The fraction of sp³-hybridized carbons (Fsp3) is 0.476. The molecule has 1 saturated heterocycles. The minimum absolute atomic E-state index is 0.292. The van der Waals surface area contributed by atoms with E-state index in [4.69, 9.17) is 9.47 Å². The molecule has 0 atom stereocenters. The van der Waals surface area contributed by atoms with Crippen molar-refractivity contribution in [2.45, 2.75) is 39.2 Å². The first-order valence-corrected chi connectivity index (χ1v) is 9.22. The highest BCUT2D eigenvalue weighted by Crippen LogP contribution is 2.33. The van der Waals surface area contributed by atoms with Crippen LogP contribution in [0, 0.1) is 5.92 Å². The average molecular weight is 342 g/mol. The van der Waals surface area contributed by atoms with Crippen LogP contribution in [0.3, 0.4) is 0 Å². The summed E-state index contributed by atoms with van der Waals surface area (Å²) in [5.74, 6) is 0.700. The third-order valence-electron chi connectivity index (χ3n) is 5.17. The summed E-state index contributed by atoms with van der Waals surface area (Å²) in [4.78, 5) is 13.1. The molecule has 0 radical (unpaired) electrons. The number of esters is 1. The van der Waals surface area contributed by atoms with E-state index in [1.165, 1.54) is 0 Å². The molecular weight excluding hydrogens is 314 g/mol. The second kappa shape index (κ2) is 7.44. The molecule has 0 saturated carbocycles.